The summed E-state index contributed by atoms with van der Waals surface area (Å²) in [4.78, 5) is 23.0. The summed E-state index contributed by atoms with van der Waals surface area (Å²) in [6.45, 7) is 2.42. The number of methoxy groups -OCH3 is 1. The number of carbonyl (C=O) groups excluding carboxylic acids is 1. The maximum Gasteiger partial charge on any atom is 0.307 e. The predicted molar refractivity (Wildman–Crippen MR) is 101 cm³/mol. The van der Waals surface area contributed by atoms with E-state index in [4.69, 9.17) is 14.6 Å². The van der Waals surface area contributed by atoms with E-state index in [1.165, 1.54) is 18.2 Å². The Balaban J connectivity index is 1.99. The highest BCUT2D eigenvalue weighted by atomic mass is 16.5. The van der Waals surface area contributed by atoms with Crippen molar-refractivity contribution in [1.29, 1.82) is 0 Å². The van der Waals surface area contributed by atoms with Crippen LogP contribution in [0.3, 0.4) is 0 Å². The van der Waals surface area contributed by atoms with Gasteiger partial charge in [0, 0.05) is 6.42 Å². The monoisotopic (exact) mass is 373 g/mol. The number of carbonyl (C=O) groups is 2. The molecule has 7 heteroatoms. The molecule has 7 nitrogen and oxygen atoms in total. The minimum atomic E-state index is -0.984. The number of nitrogens with one attached hydrogen (secondary N) is 1. The molecule has 1 amide bonds. The van der Waals surface area contributed by atoms with Gasteiger partial charge in [-0.3, -0.25) is 9.59 Å². The van der Waals surface area contributed by atoms with E-state index < -0.39 is 5.97 Å². The highest BCUT2D eigenvalue weighted by molar-refractivity contribution is 5.92. The van der Waals surface area contributed by atoms with Gasteiger partial charge in [0.25, 0.3) is 0 Å². The van der Waals surface area contributed by atoms with Crippen molar-refractivity contribution in [3.8, 4) is 17.2 Å². The van der Waals surface area contributed by atoms with Crippen molar-refractivity contribution in [1.82, 2.24) is 0 Å². The number of hydrogen-bond acceptors (Lipinski definition) is 5. The van der Waals surface area contributed by atoms with Gasteiger partial charge in [-0.15, -0.1) is 0 Å². The van der Waals surface area contributed by atoms with Gasteiger partial charge in [0.2, 0.25) is 5.91 Å². The summed E-state index contributed by atoms with van der Waals surface area (Å²) in [7, 11) is 1.56. The first kappa shape index (κ1) is 20.1. The van der Waals surface area contributed by atoms with Gasteiger partial charge in [-0.25, -0.2) is 0 Å². The summed E-state index contributed by atoms with van der Waals surface area (Å²) in [5.41, 5.74) is 1.60. The maximum atomic E-state index is 12.2. The third-order valence-corrected chi connectivity index (χ3v) is 3.86. The molecule has 0 unspecified atom stereocenters. The second-order valence-electron chi connectivity index (χ2n) is 5.89. The lowest BCUT2D eigenvalue weighted by Gasteiger charge is -2.11. The molecule has 27 heavy (non-hydrogen) atoms. The van der Waals surface area contributed by atoms with Crippen LogP contribution in [0.1, 0.15) is 24.5 Å². The van der Waals surface area contributed by atoms with Crippen LogP contribution >= 0.6 is 0 Å². The van der Waals surface area contributed by atoms with Crippen LogP contribution in [0.15, 0.2) is 36.4 Å². The molecule has 0 aliphatic rings. The van der Waals surface area contributed by atoms with E-state index in [2.05, 4.69) is 5.32 Å². The largest absolute Gasteiger partial charge is 0.506 e. The molecule has 144 valence electrons. The zero-order valence-electron chi connectivity index (χ0n) is 15.3. The van der Waals surface area contributed by atoms with Crippen molar-refractivity contribution in [2.75, 3.05) is 19.0 Å². The lowest BCUT2D eigenvalue weighted by Crippen LogP contribution is -2.13. The van der Waals surface area contributed by atoms with Crippen LogP contribution in [0.5, 0.6) is 17.2 Å². The second-order valence-corrected chi connectivity index (χ2v) is 5.89. The minimum absolute atomic E-state index is 0.111. The molecule has 0 radical (unpaired) electrons. The summed E-state index contributed by atoms with van der Waals surface area (Å²) < 4.78 is 10.8. The highest BCUT2D eigenvalue weighted by Crippen LogP contribution is 2.29. The SMILES string of the molecule is CCOc1ccc(CCC(=O)Nc2cc(CC(=O)O)ccc2O)cc1OC. The Bertz CT molecular complexity index is 818. The zero-order valence-corrected chi connectivity index (χ0v) is 15.3. The van der Waals surface area contributed by atoms with Crippen LogP contribution in [0.25, 0.3) is 0 Å². The number of hydrogen-bond donors (Lipinski definition) is 3. The van der Waals surface area contributed by atoms with Crippen LogP contribution in [0, 0.1) is 0 Å². The summed E-state index contributed by atoms with van der Waals surface area (Å²) in [5.74, 6) is -0.129. The molecule has 0 saturated heterocycles. The van der Waals surface area contributed by atoms with Crippen LogP contribution < -0.4 is 14.8 Å². The molecule has 0 aliphatic heterocycles. The third kappa shape index (κ3) is 5.91. The molecule has 0 aromatic heterocycles. The van der Waals surface area contributed by atoms with E-state index in [-0.39, 0.29) is 30.2 Å². The highest BCUT2D eigenvalue weighted by Gasteiger charge is 2.11. The number of aromatic hydroxyl groups is 1. The normalized spacial score (nSPS) is 10.3. The molecule has 0 atom stereocenters. The van der Waals surface area contributed by atoms with Crippen molar-refractivity contribution in [2.24, 2.45) is 0 Å². The van der Waals surface area contributed by atoms with Crippen molar-refractivity contribution >= 4 is 17.6 Å². The van der Waals surface area contributed by atoms with Gasteiger partial charge in [-0.1, -0.05) is 12.1 Å². The van der Waals surface area contributed by atoms with Gasteiger partial charge in [0.1, 0.15) is 5.75 Å². The van der Waals surface area contributed by atoms with Crippen LogP contribution in [-0.2, 0) is 22.4 Å². The smallest absolute Gasteiger partial charge is 0.307 e. The van der Waals surface area contributed by atoms with Gasteiger partial charge in [0.15, 0.2) is 11.5 Å². The fourth-order valence-corrected chi connectivity index (χ4v) is 2.58. The third-order valence-electron chi connectivity index (χ3n) is 3.86. The summed E-state index contributed by atoms with van der Waals surface area (Å²) in [6, 6.07) is 9.82. The first-order valence-electron chi connectivity index (χ1n) is 8.56. The van der Waals surface area contributed by atoms with Gasteiger partial charge in [0.05, 0.1) is 25.8 Å². The number of benzene rings is 2. The lowest BCUT2D eigenvalue weighted by molar-refractivity contribution is -0.136. The van der Waals surface area contributed by atoms with E-state index in [9.17, 15) is 14.7 Å². The first-order valence-corrected chi connectivity index (χ1v) is 8.56. The quantitative estimate of drug-likeness (QED) is 0.584. The molecule has 2 aromatic carbocycles. The number of anilines is 1. The number of aliphatic carboxylic acids is 1. The standard InChI is InChI=1S/C20H23NO6/c1-3-27-17-8-5-13(11-18(17)26-2)6-9-19(23)21-15-10-14(12-20(24)25)4-7-16(15)22/h4-5,7-8,10-11,22H,3,6,9,12H2,1-2H3,(H,21,23)(H,24,25). The Kier molecular flexibility index (Phi) is 7.05. The maximum absolute atomic E-state index is 12.2. The van der Waals surface area contributed by atoms with Gasteiger partial charge in [-0.05, 0) is 48.7 Å². The summed E-state index contributed by atoms with van der Waals surface area (Å²) >= 11 is 0. The van der Waals surface area contributed by atoms with E-state index >= 15 is 0 Å². The Morgan fingerprint density at radius 2 is 1.81 bits per heavy atom. The summed E-state index contributed by atoms with van der Waals surface area (Å²) in [6.07, 6.45) is 0.485. The van der Waals surface area contributed by atoms with Crippen LogP contribution in [0.2, 0.25) is 0 Å². The van der Waals surface area contributed by atoms with Crippen LogP contribution in [-0.4, -0.2) is 35.8 Å². The van der Waals surface area contributed by atoms with Gasteiger partial charge < -0.3 is 25.0 Å². The Morgan fingerprint density at radius 3 is 2.48 bits per heavy atom. The fourth-order valence-electron chi connectivity index (χ4n) is 2.58. The Labute approximate surface area is 157 Å². The molecule has 0 bridgehead atoms. The molecular weight excluding hydrogens is 350 g/mol. The zero-order chi connectivity index (χ0) is 19.8. The molecule has 0 saturated carbocycles. The minimum Gasteiger partial charge on any atom is -0.506 e. The van der Waals surface area contributed by atoms with E-state index in [0.717, 1.165) is 5.56 Å². The predicted octanol–water partition coefficient (Wildman–Crippen LogP) is 3.00. The Morgan fingerprint density at radius 1 is 1.07 bits per heavy atom. The number of carboxylic acid groups (broad SMARTS) is 1. The number of phenolic OH excluding ortho intramolecular Hbond substituents is 1. The molecule has 3 N–H and O–H groups in total. The number of carboxylic acids is 1. The molecule has 2 rings (SSSR count). The lowest BCUT2D eigenvalue weighted by atomic mass is 10.1. The Hall–Kier alpha value is -3.22. The second kappa shape index (κ2) is 9.47. The average molecular weight is 373 g/mol. The van der Waals surface area contributed by atoms with E-state index in [0.29, 0.717) is 30.1 Å². The average Bonchev–Trinajstić information content (AvgIpc) is 2.63. The summed E-state index contributed by atoms with van der Waals surface area (Å²) in [5, 5.41) is 21.3. The molecule has 2 aromatic rings. The first-order chi connectivity index (χ1) is 12.9. The number of phenols is 1. The van der Waals surface area contributed by atoms with Crippen molar-refractivity contribution in [2.45, 2.75) is 26.2 Å². The van der Waals surface area contributed by atoms with Crippen molar-refractivity contribution in [3.05, 3.63) is 47.5 Å². The van der Waals surface area contributed by atoms with Gasteiger partial charge in [-0.2, -0.15) is 0 Å². The fraction of sp³-hybridized carbons (Fsp3) is 0.300. The van der Waals surface area contributed by atoms with Crippen molar-refractivity contribution < 1.29 is 29.3 Å². The molecule has 0 heterocycles. The van der Waals surface area contributed by atoms with Crippen LogP contribution in [0.4, 0.5) is 5.69 Å². The van der Waals surface area contributed by atoms with E-state index in [1.54, 1.807) is 13.2 Å². The van der Waals surface area contributed by atoms with E-state index in [1.807, 2.05) is 19.1 Å². The number of rotatable bonds is 9. The molecule has 0 aliphatic carbocycles. The molecular formula is C20H23NO6. The van der Waals surface area contributed by atoms with Gasteiger partial charge >= 0.3 is 5.97 Å². The molecule has 0 fully saturated rings. The topological polar surface area (TPSA) is 105 Å². The molecule has 0 spiro atoms. The number of ether oxygens (including phenoxy) is 2. The van der Waals surface area contributed by atoms with Crippen molar-refractivity contribution in [3.63, 3.8) is 0 Å². The number of aryl methyl sites for hydroxylation is 1. The number of amides is 1.